The molecule has 2 aromatic rings. The summed E-state index contributed by atoms with van der Waals surface area (Å²) in [6.07, 6.45) is 0. The van der Waals surface area contributed by atoms with Gasteiger partial charge in [-0.2, -0.15) is 0 Å². The normalized spacial score (nSPS) is 14.1. The molecule has 1 aliphatic rings. The first kappa shape index (κ1) is 19.8. The number of thiophene rings is 1. The lowest BCUT2D eigenvalue weighted by Crippen LogP contribution is -2.36. The highest BCUT2D eigenvalue weighted by molar-refractivity contribution is 7.18. The predicted molar refractivity (Wildman–Crippen MR) is 109 cm³/mol. The average molecular weight is 411 g/mol. The Morgan fingerprint density at radius 3 is 2.52 bits per heavy atom. The van der Waals surface area contributed by atoms with Crippen molar-refractivity contribution in [3.8, 4) is 11.5 Å². The van der Waals surface area contributed by atoms with Crippen LogP contribution >= 0.6 is 22.9 Å². The molecule has 0 bridgehead atoms. The second-order valence-corrected chi connectivity index (χ2v) is 7.55. The molecule has 1 aromatic carbocycles. The van der Waals surface area contributed by atoms with Gasteiger partial charge in [-0.05, 0) is 26.0 Å². The van der Waals surface area contributed by atoms with Crippen molar-refractivity contribution < 1.29 is 19.0 Å². The van der Waals surface area contributed by atoms with Crippen LogP contribution in [0, 0.1) is 0 Å². The van der Waals surface area contributed by atoms with Crippen molar-refractivity contribution in [2.75, 3.05) is 49.7 Å². The summed E-state index contributed by atoms with van der Waals surface area (Å²) in [6.45, 7) is 7.78. The van der Waals surface area contributed by atoms with Crippen molar-refractivity contribution in [1.82, 2.24) is 0 Å². The number of amides is 1. The molecule has 8 heteroatoms. The van der Waals surface area contributed by atoms with Crippen LogP contribution < -0.4 is 19.7 Å². The summed E-state index contributed by atoms with van der Waals surface area (Å²) in [5, 5.41) is 2.92. The molecule has 1 saturated heterocycles. The number of benzene rings is 1. The summed E-state index contributed by atoms with van der Waals surface area (Å²) in [7, 11) is 0. The number of carbonyl (C=O) groups is 1. The molecule has 1 amide bonds. The maximum atomic E-state index is 12.6. The van der Waals surface area contributed by atoms with Crippen LogP contribution in [0.3, 0.4) is 0 Å². The van der Waals surface area contributed by atoms with E-state index in [1.807, 2.05) is 26.0 Å². The fraction of sp³-hybridized carbons (Fsp3) is 0.421. The van der Waals surface area contributed by atoms with Crippen LogP contribution in [0.25, 0.3) is 0 Å². The zero-order chi connectivity index (χ0) is 19.2. The monoisotopic (exact) mass is 410 g/mol. The first-order chi connectivity index (χ1) is 13.1. The van der Waals surface area contributed by atoms with Gasteiger partial charge < -0.3 is 24.4 Å². The lowest BCUT2D eigenvalue weighted by molar-refractivity contribution is 0.103. The molecular formula is C19H23ClN2O4S. The van der Waals surface area contributed by atoms with E-state index in [0.29, 0.717) is 52.8 Å². The van der Waals surface area contributed by atoms with Crippen molar-refractivity contribution in [3.05, 3.63) is 33.5 Å². The van der Waals surface area contributed by atoms with Crippen LogP contribution in [0.5, 0.6) is 11.5 Å². The van der Waals surface area contributed by atoms with Gasteiger partial charge in [-0.1, -0.05) is 11.6 Å². The molecule has 0 atom stereocenters. The maximum Gasteiger partial charge on any atom is 0.265 e. The van der Waals surface area contributed by atoms with Crippen LogP contribution in [0.1, 0.15) is 23.5 Å². The van der Waals surface area contributed by atoms with E-state index < -0.39 is 0 Å². The van der Waals surface area contributed by atoms with Gasteiger partial charge in [-0.15, -0.1) is 11.3 Å². The first-order valence-corrected chi connectivity index (χ1v) is 10.1. The third kappa shape index (κ3) is 4.86. The molecule has 1 N–H and O–H groups in total. The van der Waals surface area contributed by atoms with Crippen molar-refractivity contribution >= 4 is 40.2 Å². The van der Waals surface area contributed by atoms with Crippen LogP contribution in [0.4, 0.5) is 11.4 Å². The molecule has 0 radical (unpaired) electrons. The van der Waals surface area contributed by atoms with Gasteiger partial charge in [0.2, 0.25) is 0 Å². The molecule has 27 heavy (non-hydrogen) atoms. The number of nitrogens with one attached hydrogen (secondary N) is 1. The lowest BCUT2D eigenvalue weighted by atomic mass is 10.2. The Bertz CT molecular complexity index is 790. The van der Waals surface area contributed by atoms with E-state index >= 15 is 0 Å². The van der Waals surface area contributed by atoms with E-state index in [1.54, 1.807) is 12.1 Å². The fourth-order valence-corrected chi connectivity index (χ4v) is 3.80. The SMILES string of the molecule is CCOc1cc(N2CCOCC2)c(OCC)cc1NC(=O)c1ccc(Cl)s1. The van der Waals surface area contributed by atoms with Gasteiger partial charge in [0.25, 0.3) is 5.91 Å². The molecule has 1 aliphatic heterocycles. The lowest BCUT2D eigenvalue weighted by Gasteiger charge is -2.31. The van der Waals surface area contributed by atoms with E-state index in [4.69, 9.17) is 25.8 Å². The van der Waals surface area contributed by atoms with E-state index in [-0.39, 0.29) is 5.91 Å². The predicted octanol–water partition coefficient (Wildman–Crippen LogP) is 4.29. The van der Waals surface area contributed by atoms with E-state index in [2.05, 4.69) is 10.2 Å². The smallest absolute Gasteiger partial charge is 0.265 e. The van der Waals surface area contributed by atoms with Crippen LogP contribution in [0.2, 0.25) is 4.34 Å². The minimum atomic E-state index is -0.227. The highest BCUT2D eigenvalue weighted by Crippen LogP contribution is 2.39. The van der Waals surface area contributed by atoms with E-state index in [0.717, 1.165) is 18.8 Å². The zero-order valence-electron chi connectivity index (χ0n) is 15.4. The molecular weight excluding hydrogens is 388 g/mol. The Morgan fingerprint density at radius 1 is 1.19 bits per heavy atom. The Labute approximate surface area is 168 Å². The number of nitrogens with zero attached hydrogens (tertiary/aromatic N) is 1. The van der Waals surface area contributed by atoms with Crippen LogP contribution in [-0.2, 0) is 4.74 Å². The third-order valence-electron chi connectivity index (χ3n) is 4.06. The minimum absolute atomic E-state index is 0.227. The summed E-state index contributed by atoms with van der Waals surface area (Å²) in [5.74, 6) is 1.09. The fourth-order valence-electron chi connectivity index (χ4n) is 2.86. The Kier molecular flexibility index (Phi) is 6.82. The summed E-state index contributed by atoms with van der Waals surface area (Å²) in [4.78, 5) is 15.3. The average Bonchev–Trinajstić information content (AvgIpc) is 3.11. The van der Waals surface area contributed by atoms with E-state index in [9.17, 15) is 4.79 Å². The second-order valence-electron chi connectivity index (χ2n) is 5.84. The van der Waals surface area contributed by atoms with E-state index in [1.165, 1.54) is 11.3 Å². The van der Waals surface area contributed by atoms with Gasteiger partial charge in [0, 0.05) is 25.2 Å². The maximum absolute atomic E-state index is 12.6. The largest absolute Gasteiger partial charge is 0.492 e. The number of carbonyl (C=O) groups excluding carboxylic acids is 1. The number of anilines is 2. The number of ether oxygens (including phenoxy) is 3. The van der Waals surface area contributed by atoms with Gasteiger partial charge in [-0.25, -0.2) is 0 Å². The quantitative estimate of drug-likeness (QED) is 0.737. The van der Waals surface area contributed by atoms with Gasteiger partial charge in [0.1, 0.15) is 11.5 Å². The van der Waals surface area contributed by atoms with Gasteiger partial charge in [0.05, 0.1) is 47.0 Å². The topological polar surface area (TPSA) is 60.0 Å². The molecule has 2 heterocycles. The molecule has 0 unspecified atom stereocenters. The van der Waals surface area contributed by atoms with Gasteiger partial charge in [0.15, 0.2) is 0 Å². The zero-order valence-corrected chi connectivity index (χ0v) is 17.0. The summed E-state index contributed by atoms with van der Waals surface area (Å²) >= 11 is 7.17. The number of morpholine rings is 1. The molecule has 0 spiro atoms. The Balaban J connectivity index is 1.93. The van der Waals surface area contributed by atoms with Gasteiger partial charge >= 0.3 is 0 Å². The Morgan fingerprint density at radius 2 is 1.89 bits per heavy atom. The minimum Gasteiger partial charge on any atom is -0.492 e. The Hall–Kier alpha value is -1.96. The van der Waals surface area contributed by atoms with Gasteiger partial charge in [-0.3, -0.25) is 4.79 Å². The first-order valence-electron chi connectivity index (χ1n) is 8.95. The molecule has 6 nitrogen and oxygen atoms in total. The summed E-state index contributed by atoms with van der Waals surface area (Å²) in [5.41, 5.74) is 1.52. The van der Waals surface area contributed by atoms with Crippen LogP contribution in [-0.4, -0.2) is 45.4 Å². The van der Waals surface area contributed by atoms with Crippen molar-refractivity contribution in [1.29, 1.82) is 0 Å². The third-order valence-corrected chi connectivity index (χ3v) is 5.29. The number of hydrogen-bond acceptors (Lipinski definition) is 6. The molecule has 0 saturated carbocycles. The standard InChI is InChI=1S/C19H23ClN2O4S/c1-3-25-15-12-14(22-7-9-24-10-8-22)16(26-4-2)11-13(15)21-19(23)17-5-6-18(20)27-17/h5-6,11-12H,3-4,7-10H2,1-2H3,(H,21,23). The summed E-state index contributed by atoms with van der Waals surface area (Å²) < 4.78 is 17.7. The molecule has 146 valence electrons. The molecule has 1 fully saturated rings. The summed E-state index contributed by atoms with van der Waals surface area (Å²) in [6, 6.07) is 7.16. The van der Waals surface area contributed by atoms with Crippen molar-refractivity contribution in [2.45, 2.75) is 13.8 Å². The highest BCUT2D eigenvalue weighted by Gasteiger charge is 2.21. The number of hydrogen-bond donors (Lipinski definition) is 1. The van der Waals surface area contributed by atoms with Crippen molar-refractivity contribution in [3.63, 3.8) is 0 Å². The molecule has 0 aliphatic carbocycles. The van der Waals surface area contributed by atoms with Crippen LogP contribution in [0.15, 0.2) is 24.3 Å². The highest BCUT2D eigenvalue weighted by atomic mass is 35.5. The van der Waals surface area contributed by atoms with Crippen molar-refractivity contribution in [2.24, 2.45) is 0 Å². The number of halogens is 1. The molecule has 1 aromatic heterocycles. The second kappa shape index (κ2) is 9.30. The number of rotatable bonds is 7. The molecule has 3 rings (SSSR count).